The molecule has 19 heavy (non-hydrogen) atoms. The second-order valence-electron chi connectivity index (χ2n) is 5.03. The third kappa shape index (κ3) is 8.12. The fourth-order valence-electron chi connectivity index (χ4n) is 1.78. The summed E-state index contributed by atoms with van der Waals surface area (Å²) in [5, 5.41) is 3.42. The molecule has 0 fully saturated rings. The number of ether oxygens (including phenoxy) is 1. The van der Waals surface area contributed by atoms with Crippen molar-refractivity contribution in [2.45, 2.75) is 46.0 Å². The molecule has 0 heterocycles. The van der Waals surface area contributed by atoms with Gasteiger partial charge in [-0.05, 0) is 49.5 Å². The second kappa shape index (κ2) is 11.1. The Hall–Kier alpha value is -0.730. The van der Waals surface area contributed by atoms with Gasteiger partial charge in [-0.2, -0.15) is 0 Å². The first-order valence-electron chi connectivity index (χ1n) is 7.17. The molecule has 0 spiro atoms. The van der Waals surface area contributed by atoms with Crippen LogP contribution in [-0.4, -0.2) is 19.7 Å². The summed E-state index contributed by atoms with van der Waals surface area (Å²) in [7, 11) is 0. The fraction of sp³-hybridized carbons (Fsp3) is 0.625. The van der Waals surface area contributed by atoms with Crippen molar-refractivity contribution in [3.8, 4) is 5.75 Å². The summed E-state index contributed by atoms with van der Waals surface area (Å²) in [5.41, 5.74) is 1.34. The van der Waals surface area contributed by atoms with Crippen molar-refractivity contribution in [3.05, 3.63) is 29.8 Å². The Morgan fingerprint density at radius 3 is 2.58 bits per heavy atom. The van der Waals surface area contributed by atoms with Crippen LogP contribution in [0.3, 0.4) is 0 Å². The van der Waals surface area contributed by atoms with E-state index in [0.717, 1.165) is 31.9 Å². The Kier molecular flexibility index (Phi) is 10.7. The molecule has 110 valence electrons. The van der Waals surface area contributed by atoms with E-state index in [2.05, 4.69) is 44.3 Å². The van der Waals surface area contributed by atoms with Gasteiger partial charge in [0.2, 0.25) is 0 Å². The first-order chi connectivity index (χ1) is 8.74. The Bertz CT molecular complexity index is 328. The molecule has 0 unspecified atom stereocenters. The third-order valence-electron chi connectivity index (χ3n) is 3.00. The van der Waals surface area contributed by atoms with Crippen LogP contribution in [0.1, 0.15) is 51.5 Å². The van der Waals surface area contributed by atoms with Crippen molar-refractivity contribution in [2.24, 2.45) is 0 Å². The van der Waals surface area contributed by atoms with Gasteiger partial charge in [0.1, 0.15) is 5.75 Å². The molecule has 2 nitrogen and oxygen atoms in total. The number of hydrogen-bond donors (Lipinski definition) is 1. The van der Waals surface area contributed by atoms with Crippen LogP contribution in [-0.2, 0) is 0 Å². The summed E-state index contributed by atoms with van der Waals surface area (Å²) in [4.78, 5) is 0. The molecule has 1 rings (SSSR count). The lowest BCUT2D eigenvalue weighted by atomic mass is 10.0. The van der Waals surface area contributed by atoms with E-state index in [4.69, 9.17) is 4.74 Å². The van der Waals surface area contributed by atoms with Crippen LogP contribution in [0.4, 0.5) is 0 Å². The molecule has 1 aromatic carbocycles. The molecule has 0 aliphatic rings. The normalized spacial score (nSPS) is 10.3. The molecule has 0 bridgehead atoms. The smallest absolute Gasteiger partial charge is 0.119 e. The van der Waals surface area contributed by atoms with Gasteiger partial charge in [0, 0.05) is 0 Å². The summed E-state index contributed by atoms with van der Waals surface area (Å²) in [6, 6.07) is 8.42. The quantitative estimate of drug-likeness (QED) is 0.680. The average Bonchev–Trinajstić information content (AvgIpc) is 2.38. The van der Waals surface area contributed by atoms with Crippen LogP contribution in [0.15, 0.2) is 24.3 Å². The zero-order chi connectivity index (χ0) is 13.2. The van der Waals surface area contributed by atoms with Gasteiger partial charge in [0.05, 0.1) is 6.61 Å². The molecule has 0 aliphatic carbocycles. The van der Waals surface area contributed by atoms with E-state index >= 15 is 0 Å². The highest BCUT2D eigenvalue weighted by molar-refractivity contribution is 5.85. The van der Waals surface area contributed by atoms with E-state index in [9.17, 15) is 0 Å². The number of rotatable bonds is 9. The molecule has 0 radical (unpaired) electrons. The van der Waals surface area contributed by atoms with Gasteiger partial charge in [-0.3, -0.25) is 0 Å². The SMILES string of the molecule is CCCCNCCCOc1cccc(C(C)C)c1.Cl. The van der Waals surface area contributed by atoms with Gasteiger partial charge in [-0.25, -0.2) is 0 Å². The van der Waals surface area contributed by atoms with E-state index in [-0.39, 0.29) is 12.4 Å². The molecule has 3 heteroatoms. The lowest BCUT2D eigenvalue weighted by Crippen LogP contribution is -2.18. The highest BCUT2D eigenvalue weighted by Gasteiger charge is 2.00. The highest BCUT2D eigenvalue weighted by Crippen LogP contribution is 2.20. The minimum atomic E-state index is 0. The van der Waals surface area contributed by atoms with Gasteiger partial charge >= 0.3 is 0 Å². The standard InChI is InChI=1S/C16H27NO.ClH/c1-4-5-10-17-11-7-12-18-16-9-6-8-15(13-16)14(2)3;/h6,8-9,13-14,17H,4-5,7,10-12H2,1-3H3;1H. The molecular weight excluding hydrogens is 258 g/mol. The Labute approximate surface area is 124 Å². The first kappa shape index (κ1) is 18.3. The maximum absolute atomic E-state index is 5.76. The van der Waals surface area contributed by atoms with E-state index in [1.807, 2.05) is 6.07 Å². The predicted octanol–water partition coefficient (Wildman–Crippen LogP) is 4.39. The lowest BCUT2D eigenvalue weighted by Gasteiger charge is -2.10. The van der Waals surface area contributed by atoms with Crippen LogP contribution in [0, 0.1) is 0 Å². The van der Waals surface area contributed by atoms with Crippen molar-refractivity contribution < 1.29 is 4.74 Å². The monoisotopic (exact) mass is 285 g/mol. The largest absolute Gasteiger partial charge is 0.494 e. The molecule has 0 aliphatic heterocycles. The summed E-state index contributed by atoms with van der Waals surface area (Å²) in [6.07, 6.45) is 3.58. The minimum absolute atomic E-state index is 0. The van der Waals surface area contributed by atoms with E-state index in [1.54, 1.807) is 0 Å². The molecule has 0 aromatic heterocycles. The number of benzene rings is 1. The third-order valence-corrected chi connectivity index (χ3v) is 3.00. The Morgan fingerprint density at radius 2 is 1.89 bits per heavy atom. The lowest BCUT2D eigenvalue weighted by molar-refractivity contribution is 0.307. The van der Waals surface area contributed by atoms with Crippen LogP contribution < -0.4 is 10.1 Å². The zero-order valence-corrected chi connectivity index (χ0v) is 13.3. The maximum atomic E-state index is 5.76. The Balaban J connectivity index is 0.00000324. The second-order valence-corrected chi connectivity index (χ2v) is 5.03. The van der Waals surface area contributed by atoms with Crippen molar-refractivity contribution in [1.29, 1.82) is 0 Å². The van der Waals surface area contributed by atoms with Crippen LogP contribution in [0.5, 0.6) is 5.75 Å². The molecule has 0 saturated heterocycles. The number of unbranched alkanes of at least 4 members (excludes halogenated alkanes) is 1. The molecule has 0 atom stereocenters. The van der Waals surface area contributed by atoms with Gasteiger partial charge < -0.3 is 10.1 Å². The number of nitrogens with one attached hydrogen (secondary N) is 1. The molecule has 1 aromatic rings. The van der Waals surface area contributed by atoms with E-state index < -0.39 is 0 Å². The van der Waals surface area contributed by atoms with Gasteiger partial charge in [-0.1, -0.05) is 39.3 Å². The molecule has 0 saturated carbocycles. The predicted molar refractivity (Wildman–Crippen MR) is 85.7 cm³/mol. The summed E-state index contributed by atoms with van der Waals surface area (Å²) >= 11 is 0. The van der Waals surface area contributed by atoms with Crippen LogP contribution >= 0.6 is 12.4 Å². The van der Waals surface area contributed by atoms with Gasteiger partial charge in [0.25, 0.3) is 0 Å². The molecular formula is C16H28ClNO. The first-order valence-corrected chi connectivity index (χ1v) is 7.17. The van der Waals surface area contributed by atoms with Crippen molar-refractivity contribution >= 4 is 12.4 Å². The zero-order valence-electron chi connectivity index (χ0n) is 12.4. The van der Waals surface area contributed by atoms with Crippen molar-refractivity contribution in [2.75, 3.05) is 19.7 Å². The molecule has 1 N–H and O–H groups in total. The van der Waals surface area contributed by atoms with Crippen LogP contribution in [0.2, 0.25) is 0 Å². The topological polar surface area (TPSA) is 21.3 Å². The number of hydrogen-bond acceptors (Lipinski definition) is 2. The summed E-state index contributed by atoms with van der Waals surface area (Å²) in [5.74, 6) is 1.55. The van der Waals surface area contributed by atoms with E-state index in [0.29, 0.717) is 5.92 Å². The highest BCUT2D eigenvalue weighted by atomic mass is 35.5. The van der Waals surface area contributed by atoms with Gasteiger partial charge in [-0.15, -0.1) is 12.4 Å². The van der Waals surface area contributed by atoms with Crippen molar-refractivity contribution in [3.63, 3.8) is 0 Å². The maximum Gasteiger partial charge on any atom is 0.119 e. The van der Waals surface area contributed by atoms with Gasteiger partial charge in [0.15, 0.2) is 0 Å². The van der Waals surface area contributed by atoms with Crippen LogP contribution in [0.25, 0.3) is 0 Å². The Morgan fingerprint density at radius 1 is 1.16 bits per heavy atom. The molecule has 0 amide bonds. The minimum Gasteiger partial charge on any atom is -0.494 e. The van der Waals surface area contributed by atoms with E-state index in [1.165, 1.54) is 18.4 Å². The van der Waals surface area contributed by atoms with Crippen molar-refractivity contribution in [1.82, 2.24) is 5.32 Å². The number of halogens is 1. The fourth-order valence-corrected chi connectivity index (χ4v) is 1.78. The summed E-state index contributed by atoms with van der Waals surface area (Å²) < 4.78 is 5.76. The summed E-state index contributed by atoms with van der Waals surface area (Å²) in [6.45, 7) is 9.59. The average molecular weight is 286 g/mol.